The van der Waals surface area contributed by atoms with Crippen LogP contribution in [-0.4, -0.2) is 35.6 Å². The maximum absolute atomic E-state index is 11.6. The third kappa shape index (κ3) is 2.36. The Morgan fingerprint density at radius 2 is 2.31 bits per heavy atom. The first-order valence-corrected chi connectivity index (χ1v) is 6.00. The zero-order chi connectivity index (χ0) is 12.1. The maximum Gasteiger partial charge on any atom is 0.264 e. The molecule has 0 atom stereocenters. The number of hydrogen-bond donors (Lipinski definition) is 1. The average Bonchev–Trinajstić information content (AvgIpc) is 2.61. The minimum atomic E-state index is -0.416. The van der Waals surface area contributed by atoms with Gasteiger partial charge < -0.3 is 10.2 Å². The summed E-state index contributed by atoms with van der Waals surface area (Å²) in [5.74, 6) is -0.173. The highest BCUT2D eigenvalue weighted by molar-refractivity contribution is 8.04. The second-order valence-corrected chi connectivity index (χ2v) is 4.04. The second kappa shape index (κ2) is 5.56. The Hall–Kier alpha value is -1.48. The highest BCUT2D eigenvalue weighted by Gasteiger charge is 2.30. The van der Waals surface area contributed by atoms with Crippen molar-refractivity contribution in [3.8, 4) is 6.07 Å². The molecule has 1 aliphatic heterocycles. The molecule has 0 unspecified atom stereocenters. The summed E-state index contributed by atoms with van der Waals surface area (Å²) in [4.78, 5) is 24.5. The van der Waals surface area contributed by atoms with Gasteiger partial charge in [-0.2, -0.15) is 5.26 Å². The van der Waals surface area contributed by atoms with Crippen LogP contribution in [0.4, 0.5) is 0 Å². The maximum atomic E-state index is 11.6. The molecule has 1 rings (SSSR count). The first-order chi connectivity index (χ1) is 7.65. The number of nitrogens with zero attached hydrogens (tertiary/aromatic N) is 2. The van der Waals surface area contributed by atoms with Gasteiger partial charge in [-0.05, 0) is 13.8 Å². The normalized spacial score (nSPS) is 18.3. The van der Waals surface area contributed by atoms with E-state index < -0.39 is 5.91 Å². The van der Waals surface area contributed by atoms with Gasteiger partial charge in [-0.15, -0.1) is 0 Å². The first-order valence-electron chi connectivity index (χ1n) is 5.01. The SMILES string of the molecule is CCNC(=O)C(C#N)=C1SCC(=O)N1CC. The topological polar surface area (TPSA) is 73.2 Å². The lowest BCUT2D eigenvalue weighted by atomic mass is 10.3. The summed E-state index contributed by atoms with van der Waals surface area (Å²) in [6, 6.07) is 1.87. The summed E-state index contributed by atoms with van der Waals surface area (Å²) in [7, 11) is 0. The van der Waals surface area contributed by atoms with Crippen molar-refractivity contribution in [1.82, 2.24) is 10.2 Å². The Labute approximate surface area is 98.5 Å². The molecular formula is C10H13N3O2S. The van der Waals surface area contributed by atoms with Crippen molar-refractivity contribution < 1.29 is 9.59 Å². The molecule has 1 heterocycles. The van der Waals surface area contributed by atoms with E-state index in [1.165, 1.54) is 16.7 Å². The molecular weight excluding hydrogens is 226 g/mol. The largest absolute Gasteiger partial charge is 0.352 e. The van der Waals surface area contributed by atoms with Crippen LogP contribution in [0.5, 0.6) is 0 Å². The van der Waals surface area contributed by atoms with E-state index in [9.17, 15) is 9.59 Å². The highest BCUT2D eigenvalue weighted by atomic mass is 32.2. The fourth-order valence-electron chi connectivity index (χ4n) is 1.37. The summed E-state index contributed by atoms with van der Waals surface area (Å²) in [5, 5.41) is 12.0. The molecule has 1 aliphatic rings. The Kier molecular flexibility index (Phi) is 4.38. The molecule has 1 N–H and O–H groups in total. The summed E-state index contributed by atoms with van der Waals surface area (Å²) >= 11 is 1.24. The fourth-order valence-corrected chi connectivity index (χ4v) is 2.46. The van der Waals surface area contributed by atoms with Gasteiger partial charge in [-0.1, -0.05) is 11.8 Å². The van der Waals surface area contributed by atoms with Crippen LogP contribution in [0.15, 0.2) is 10.6 Å². The third-order valence-corrected chi connectivity index (χ3v) is 3.17. The molecule has 0 bridgehead atoms. The molecule has 2 amide bonds. The third-order valence-electron chi connectivity index (χ3n) is 2.08. The first kappa shape index (κ1) is 12.6. The van der Waals surface area contributed by atoms with Crippen molar-refractivity contribution in [1.29, 1.82) is 5.26 Å². The molecule has 5 nitrogen and oxygen atoms in total. The van der Waals surface area contributed by atoms with E-state index in [4.69, 9.17) is 5.26 Å². The van der Waals surface area contributed by atoms with Crippen LogP contribution < -0.4 is 5.32 Å². The fraction of sp³-hybridized carbons (Fsp3) is 0.500. The summed E-state index contributed by atoms with van der Waals surface area (Å²) in [6.07, 6.45) is 0. The number of rotatable bonds is 3. The highest BCUT2D eigenvalue weighted by Crippen LogP contribution is 2.31. The number of nitrogens with one attached hydrogen (secondary N) is 1. The van der Waals surface area contributed by atoms with Crippen LogP contribution in [0.1, 0.15) is 13.8 Å². The van der Waals surface area contributed by atoms with Crippen molar-refractivity contribution in [2.75, 3.05) is 18.8 Å². The van der Waals surface area contributed by atoms with Gasteiger partial charge in [0.05, 0.1) is 5.75 Å². The summed E-state index contributed by atoms with van der Waals surface area (Å²) in [6.45, 7) is 4.53. The molecule has 0 aromatic heterocycles. The van der Waals surface area contributed by atoms with Crippen molar-refractivity contribution in [2.24, 2.45) is 0 Å². The number of thioether (sulfide) groups is 1. The Morgan fingerprint density at radius 1 is 1.62 bits per heavy atom. The van der Waals surface area contributed by atoms with Gasteiger partial charge in [0.2, 0.25) is 5.91 Å². The van der Waals surface area contributed by atoms with Crippen LogP contribution in [0, 0.1) is 11.3 Å². The van der Waals surface area contributed by atoms with Gasteiger partial charge in [-0.25, -0.2) is 0 Å². The lowest BCUT2D eigenvalue weighted by Gasteiger charge is -2.15. The number of carbonyl (C=O) groups excluding carboxylic acids is 2. The minimum Gasteiger partial charge on any atom is -0.352 e. The van der Waals surface area contributed by atoms with Crippen LogP contribution in [-0.2, 0) is 9.59 Å². The van der Waals surface area contributed by atoms with Gasteiger partial charge in [0.1, 0.15) is 16.7 Å². The number of hydrogen-bond acceptors (Lipinski definition) is 4. The van der Waals surface area contributed by atoms with E-state index in [1.54, 1.807) is 6.92 Å². The molecule has 86 valence electrons. The van der Waals surface area contributed by atoms with E-state index >= 15 is 0 Å². The Bertz CT molecular complexity index is 384. The molecule has 0 spiro atoms. The van der Waals surface area contributed by atoms with Crippen LogP contribution in [0.3, 0.4) is 0 Å². The van der Waals surface area contributed by atoms with E-state index in [0.717, 1.165) is 0 Å². The van der Waals surface area contributed by atoms with Gasteiger partial charge in [0.15, 0.2) is 0 Å². The summed E-state index contributed by atoms with van der Waals surface area (Å²) < 4.78 is 0. The number of carbonyl (C=O) groups is 2. The number of nitriles is 1. The van der Waals surface area contributed by atoms with Crippen LogP contribution >= 0.6 is 11.8 Å². The van der Waals surface area contributed by atoms with Gasteiger partial charge >= 0.3 is 0 Å². The zero-order valence-electron chi connectivity index (χ0n) is 9.24. The number of likely N-dealkylation sites (N-methyl/N-ethyl adjacent to an activating group) is 1. The minimum absolute atomic E-state index is 0.0274. The van der Waals surface area contributed by atoms with Crippen LogP contribution in [0.2, 0.25) is 0 Å². The zero-order valence-corrected chi connectivity index (χ0v) is 10.1. The molecule has 16 heavy (non-hydrogen) atoms. The Morgan fingerprint density at radius 3 is 2.81 bits per heavy atom. The van der Waals surface area contributed by atoms with Gasteiger partial charge in [0, 0.05) is 13.1 Å². The van der Waals surface area contributed by atoms with Gasteiger partial charge in [-0.3, -0.25) is 9.59 Å². The molecule has 0 aliphatic carbocycles. The van der Waals surface area contributed by atoms with Crippen molar-refractivity contribution in [3.63, 3.8) is 0 Å². The molecule has 1 fully saturated rings. The number of amides is 2. The molecule has 0 aromatic carbocycles. The van der Waals surface area contributed by atoms with E-state index in [1.807, 2.05) is 13.0 Å². The molecule has 0 saturated carbocycles. The predicted molar refractivity (Wildman–Crippen MR) is 61.2 cm³/mol. The molecule has 0 radical (unpaired) electrons. The lowest BCUT2D eigenvalue weighted by Crippen LogP contribution is -2.29. The van der Waals surface area contributed by atoms with E-state index in [-0.39, 0.29) is 11.5 Å². The van der Waals surface area contributed by atoms with E-state index in [2.05, 4.69) is 5.32 Å². The van der Waals surface area contributed by atoms with E-state index in [0.29, 0.717) is 23.9 Å². The Balaban J connectivity index is 3.05. The molecule has 1 saturated heterocycles. The average molecular weight is 239 g/mol. The van der Waals surface area contributed by atoms with Crippen LogP contribution in [0.25, 0.3) is 0 Å². The molecule has 0 aromatic rings. The monoisotopic (exact) mass is 239 g/mol. The van der Waals surface area contributed by atoms with Crippen molar-refractivity contribution in [3.05, 3.63) is 10.6 Å². The molecule has 6 heteroatoms. The van der Waals surface area contributed by atoms with Gasteiger partial charge in [0.25, 0.3) is 5.91 Å². The summed E-state index contributed by atoms with van der Waals surface area (Å²) in [5.41, 5.74) is 0.0274. The predicted octanol–water partition coefficient (Wildman–Crippen LogP) is 0.453. The second-order valence-electron chi connectivity index (χ2n) is 3.08. The quantitative estimate of drug-likeness (QED) is 0.573. The van der Waals surface area contributed by atoms with Crippen molar-refractivity contribution in [2.45, 2.75) is 13.8 Å². The smallest absolute Gasteiger partial charge is 0.264 e. The standard InChI is InChI=1S/C10H13N3O2S/c1-3-12-9(15)7(5-11)10-13(4-2)8(14)6-16-10/h3-4,6H2,1-2H3,(H,12,15). The van der Waals surface area contributed by atoms with Crippen molar-refractivity contribution >= 4 is 23.6 Å². The lowest BCUT2D eigenvalue weighted by molar-refractivity contribution is -0.125.